The molecule has 0 fully saturated rings. The highest BCUT2D eigenvalue weighted by Gasteiger charge is 2.15. The summed E-state index contributed by atoms with van der Waals surface area (Å²) in [6.07, 6.45) is 3.34. The number of pyridine rings is 1. The van der Waals surface area contributed by atoms with E-state index in [0.29, 0.717) is 33.8 Å². The van der Waals surface area contributed by atoms with E-state index in [9.17, 15) is 9.18 Å². The molecule has 2 aromatic heterocycles. The van der Waals surface area contributed by atoms with Crippen molar-refractivity contribution in [3.8, 4) is 28.7 Å². The Bertz CT molecular complexity index is 1620. The molecule has 0 bridgehead atoms. The highest BCUT2D eigenvalue weighted by atomic mass is 19.1. The zero-order valence-corrected chi connectivity index (χ0v) is 21.1. The third kappa shape index (κ3) is 4.99. The molecule has 1 N–H and O–H groups in total. The molecule has 2 heterocycles. The summed E-state index contributed by atoms with van der Waals surface area (Å²) in [7, 11) is 3.07. The molecular weight excluding hydrogens is 487 g/mol. The number of aromatic nitrogens is 3. The molecule has 0 saturated heterocycles. The molecule has 0 aliphatic carbocycles. The van der Waals surface area contributed by atoms with Crippen LogP contribution in [-0.4, -0.2) is 34.9 Å². The smallest absolute Gasteiger partial charge is 0.228 e. The molecular formula is C29H25FN4O4. The molecule has 0 unspecified atom stereocenters. The summed E-state index contributed by atoms with van der Waals surface area (Å²) in [6, 6.07) is 19.0. The number of carbonyl (C=O) groups excluding carboxylic acids is 1. The van der Waals surface area contributed by atoms with Crippen LogP contribution < -0.4 is 19.5 Å². The van der Waals surface area contributed by atoms with E-state index < -0.39 is 5.82 Å². The van der Waals surface area contributed by atoms with Crippen LogP contribution >= 0.6 is 0 Å². The number of para-hydroxylation sites is 1. The van der Waals surface area contributed by atoms with Crippen molar-refractivity contribution >= 4 is 22.5 Å². The summed E-state index contributed by atoms with van der Waals surface area (Å²) in [4.78, 5) is 17.0. The second-order valence-electron chi connectivity index (χ2n) is 8.51. The number of halogens is 1. The average Bonchev–Trinajstić information content (AvgIpc) is 3.29. The third-order valence-electron chi connectivity index (χ3n) is 6.11. The normalized spacial score (nSPS) is 10.8. The molecule has 0 aliphatic heterocycles. The van der Waals surface area contributed by atoms with Gasteiger partial charge in [0, 0.05) is 40.7 Å². The average molecular weight is 513 g/mol. The van der Waals surface area contributed by atoms with Crippen LogP contribution in [0.5, 0.6) is 23.0 Å². The Labute approximate surface area is 218 Å². The third-order valence-corrected chi connectivity index (χ3v) is 6.11. The van der Waals surface area contributed by atoms with E-state index in [4.69, 9.17) is 14.2 Å². The number of benzene rings is 3. The van der Waals surface area contributed by atoms with Crippen molar-refractivity contribution in [2.24, 2.45) is 0 Å². The second kappa shape index (κ2) is 10.6. The molecule has 0 spiro atoms. The minimum atomic E-state index is -0.624. The fourth-order valence-electron chi connectivity index (χ4n) is 4.14. The van der Waals surface area contributed by atoms with Gasteiger partial charge in [0.15, 0.2) is 23.1 Å². The molecule has 0 saturated carbocycles. The highest BCUT2D eigenvalue weighted by molar-refractivity contribution is 5.92. The first kappa shape index (κ1) is 24.8. The Morgan fingerprint density at radius 3 is 2.45 bits per heavy atom. The first-order chi connectivity index (χ1) is 18.5. The minimum absolute atomic E-state index is 0.00488. The molecule has 9 heteroatoms. The molecule has 0 atom stereocenters. The number of anilines is 1. The fourth-order valence-corrected chi connectivity index (χ4v) is 4.14. The summed E-state index contributed by atoms with van der Waals surface area (Å²) in [5.74, 6) is 0.526. The van der Waals surface area contributed by atoms with Crippen LogP contribution in [0.25, 0.3) is 16.6 Å². The molecule has 1 amide bonds. The number of nitrogens with zero attached hydrogens (tertiary/aromatic N) is 3. The summed E-state index contributed by atoms with van der Waals surface area (Å²) in [5.41, 5.74) is 3.48. The predicted molar refractivity (Wildman–Crippen MR) is 142 cm³/mol. The van der Waals surface area contributed by atoms with Gasteiger partial charge in [0.2, 0.25) is 5.91 Å². The standard InChI is InChI=1S/C29H25FN4O4/c1-18-19(17-32-34(18)21-7-5-4-6-8-21)13-29(35)33-20-9-10-26(23(30)14-20)38-25-11-12-31-24-16-28(37-3)27(36-2)15-22(24)25/h4-12,14-17H,13H2,1-3H3,(H,33,35). The zero-order valence-electron chi connectivity index (χ0n) is 21.1. The van der Waals surface area contributed by atoms with Crippen molar-refractivity contribution in [2.75, 3.05) is 19.5 Å². The lowest BCUT2D eigenvalue weighted by Gasteiger charge is -2.13. The predicted octanol–water partition coefficient (Wildman–Crippen LogP) is 5.86. The van der Waals surface area contributed by atoms with E-state index in [0.717, 1.165) is 16.9 Å². The van der Waals surface area contributed by atoms with Gasteiger partial charge in [-0.05, 0) is 43.3 Å². The Morgan fingerprint density at radius 1 is 0.947 bits per heavy atom. The maximum Gasteiger partial charge on any atom is 0.228 e. The maximum atomic E-state index is 15.0. The van der Waals surface area contributed by atoms with Crippen LogP contribution in [0, 0.1) is 12.7 Å². The van der Waals surface area contributed by atoms with Gasteiger partial charge in [0.05, 0.1) is 38.0 Å². The summed E-state index contributed by atoms with van der Waals surface area (Å²) in [5, 5.41) is 7.77. The second-order valence-corrected chi connectivity index (χ2v) is 8.51. The fraction of sp³-hybridized carbons (Fsp3) is 0.138. The molecule has 3 aromatic carbocycles. The zero-order chi connectivity index (χ0) is 26.6. The topological polar surface area (TPSA) is 87.5 Å². The summed E-state index contributed by atoms with van der Waals surface area (Å²) in [6.45, 7) is 1.91. The van der Waals surface area contributed by atoms with Gasteiger partial charge in [-0.3, -0.25) is 9.78 Å². The Hall–Kier alpha value is -4.92. The van der Waals surface area contributed by atoms with Gasteiger partial charge in [-0.15, -0.1) is 0 Å². The lowest BCUT2D eigenvalue weighted by atomic mass is 10.1. The van der Waals surface area contributed by atoms with E-state index in [2.05, 4.69) is 15.4 Å². The number of ether oxygens (including phenoxy) is 3. The van der Waals surface area contributed by atoms with Gasteiger partial charge >= 0.3 is 0 Å². The lowest BCUT2D eigenvalue weighted by Crippen LogP contribution is -2.15. The number of fused-ring (bicyclic) bond motifs is 1. The van der Waals surface area contributed by atoms with Gasteiger partial charge in [-0.1, -0.05) is 18.2 Å². The van der Waals surface area contributed by atoms with Crippen LogP contribution in [0.2, 0.25) is 0 Å². The number of methoxy groups -OCH3 is 2. The first-order valence-electron chi connectivity index (χ1n) is 11.8. The van der Waals surface area contributed by atoms with Crippen molar-refractivity contribution in [1.29, 1.82) is 0 Å². The summed E-state index contributed by atoms with van der Waals surface area (Å²) < 4.78 is 33.3. The van der Waals surface area contributed by atoms with E-state index in [1.54, 1.807) is 48.5 Å². The van der Waals surface area contributed by atoms with Crippen LogP contribution in [-0.2, 0) is 11.2 Å². The monoisotopic (exact) mass is 512 g/mol. The Kier molecular flexibility index (Phi) is 6.90. The van der Waals surface area contributed by atoms with Gasteiger partial charge in [0.25, 0.3) is 0 Å². The SMILES string of the molecule is COc1cc2nccc(Oc3ccc(NC(=O)Cc4cnn(-c5ccccc5)c4C)cc3F)c2cc1OC. The Morgan fingerprint density at radius 2 is 1.71 bits per heavy atom. The van der Waals surface area contributed by atoms with Crippen LogP contribution in [0.4, 0.5) is 10.1 Å². The maximum absolute atomic E-state index is 15.0. The number of rotatable bonds is 8. The largest absolute Gasteiger partial charge is 0.493 e. The molecule has 5 aromatic rings. The van der Waals surface area contributed by atoms with Crippen molar-refractivity contribution in [2.45, 2.75) is 13.3 Å². The van der Waals surface area contributed by atoms with Gasteiger partial charge in [-0.2, -0.15) is 5.10 Å². The number of hydrogen-bond acceptors (Lipinski definition) is 6. The van der Waals surface area contributed by atoms with Gasteiger partial charge in [-0.25, -0.2) is 9.07 Å². The number of amides is 1. The minimum Gasteiger partial charge on any atom is -0.493 e. The van der Waals surface area contributed by atoms with Crippen molar-refractivity contribution in [3.05, 3.63) is 96.2 Å². The molecule has 0 radical (unpaired) electrons. The number of hydrogen-bond donors (Lipinski definition) is 1. The first-order valence-corrected chi connectivity index (χ1v) is 11.8. The lowest BCUT2D eigenvalue weighted by molar-refractivity contribution is -0.115. The highest BCUT2D eigenvalue weighted by Crippen LogP contribution is 2.37. The van der Waals surface area contributed by atoms with Crippen molar-refractivity contribution in [1.82, 2.24) is 14.8 Å². The van der Waals surface area contributed by atoms with E-state index >= 15 is 0 Å². The molecule has 5 rings (SSSR count). The molecule has 192 valence electrons. The quantitative estimate of drug-likeness (QED) is 0.280. The van der Waals surface area contributed by atoms with E-state index in [1.165, 1.54) is 19.2 Å². The molecule has 38 heavy (non-hydrogen) atoms. The van der Waals surface area contributed by atoms with E-state index in [1.807, 2.05) is 37.3 Å². The number of nitrogens with one attached hydrogen (secondary N) is 1. The van der Waals surface area contributed by atoms with Crippen LogP contribution in [0.15, 0.2) is 79.1 Å². The van der Waals surface area contributed by atoms with Gasteiger partial charge in [0.1, 0.15) is 5.75 Å². The van der Waals surface area contributed by atoms with Crippen molar-refractivity contribution < 1.29 is 23.4 Å². The van der Waals surface area contributed by atoms with Crippen LogP contribution in [0.1, 0.15) is 11.3 Å². The van der Waals surface area contributed by atoms with Crippen molar-refractivity contribution in [3.63, 3.8) is 0 Å². The van der Waals surface area contributed by atoms with Crippen LogP contribution in [0.3, 0.4) is 0 Å². The number of carbonyl (C=O) groups is 1. The Balaban J connectivity index is 1.30. The van der Waals surface area contributed by atoms with E-state index in [-0.39, 0.29) is 18.1 Å². The van der Waals surface area contributed by atoms with Gasteiger partial charge < -0.3 is 19.5 Å². The molecule has 8 nitrogen and oxygen atoms in total. The molecule has 0 aliphatic rings. The summed E-state index contributed by atoms with van der Waals surface area (Å²) >= 11 is 0.